The van der Waals surface area contributed by atoms with E-state index in [4.69, 9.17) is 10.5 Å². The van der Waals surface area contributed by atoms with Crippen molar-refractivity contribution < 1.29 is 14.3 Å². The summed E-state index contributed by atoms with van der Waals surface area (Å²) in [5.74, 6) is -0.450. The molecule has 0 unspecified atom stereocenters. The second-order valence-electron chi connectivity index (χ2n) is 6.98. The van der Waals surface area contributed by atoms with E-state index in [0.29, 0.717) is 6.42 Å². The molecule has 1 aromatic carbocycles. The zero-order valence-electron chi connectivity index (χ0n) is 14.7. The summed E-state index contributed by atoms with van der Waals surface area (Å²) in [6.45, 7) is 9.27. The SMILES string of the molecule is CC(C)[C@H](N)C(=O)N(CCc1ccccc1)C(=O)OC(C)(C)C. The van der Waals surface area contributed by atoms with Crippen molar-refractivity contribution in [2.75, 3.05) is 6.54 Å². The third-order valence-corrected chi connectivity index (χ3v) is 3.35. The van der Waals surface area contributed by atoms with Crippen LogP contribution in [-0.2, 0) is 16.0 Å². The Morgan fingerprint density at radius 3 is 2.22 bits per heavy atom. The number of carbonyl (C=O) groups excluding carboxylic acids is 2. The van der Waals surface area contributed by atoms with E-state index >= 15 is 0 Å². The van der Waals surface area contributed by atoms with Crippen LogP contribution >= 0.6 is 0 Å². The molecule has 0 aliphatic rings. The highest BCUT2D eigenvalue weighted by Crippen LogP contribution is 2.13. The Morgan fingerprint density at radius 2 is 1.74 bits per heavy atom. The highest BCUT2D eigenvalue weighted by Gasteiger charge is 2.31. The summed E-state index contributed by atoms with van der Waals surface area (Å²) in [6, 6.07) is 8.97. The highest BCUT2D eigenvalue weighted by atomic mass is 16.6. The summed E-state index contributed by atoms with van der Waals surface area (Å²) in [5, 5.41) is 0. The van der Waals surface area contributed by atoms with E-state index in [0.717, 1.165) is 10.5 Å². The second-order valence-corrected chi connectivity index (χ2v) is 6.98. The average molecular weight is 320 g/mol. The molecule has 0 heterocycles. The first kappa shape index (κ1) is 19.2. The lowest BCUT2D eigenvalue weighted by Crippen LogP contribution is -2.51. The molecule has 5 nitrogen and oxygen atoms in total. The van der Waals surface area contributed by atoms with Gasteiger partial charge in [-0.15, -0.1) is 0 Å². The summed E-state index contributed by atoms with van der Waals surface area (Å²) in [7, 11) is 0. The molecule has 1 rings (SSSR count). The molecule has 0 spiro atoms. The quantitative estimate of drug-likeness (QED) is 0.905. The third-order valence-electron chi connectivity index (χ3n) is 3.35. The van der Waals surface area contributed by atoms with Crippen LogP contribution in [0.5, 0.6) is 0 Å². The van der Waals surface area contributed by atoms with Crippen molar-refractivity contribution in [3.8, 4) is 0 Å². The van der Waals surface area contributed by atoms with Crippen LogP contribution in [0.25, 0.3) is 0 Å². The fourth-order valence-electron chi connectivity index (χ4n) is 1.96. The van der Waals surface area contributed by atoms with E-state index in [1.807, 2.05) is 44.2 Å². The van der Waals surface area contributed by atoms with Gasteiger partial charge in [0.05, 0.1) is 6.04 Å². The first-order chi connectivity index (χ1) is 10.6. The number of nitrogens with two attached hydrogens (primary N) is 1. The predicted octanol–water partition coefficient (Wildman–Crippen LogP) is 2.98. The Hall–Kier alpha value is -1.88. The van der Waals surface area contributed by atoms with Crippen molar-refractivity contribution in [2.24, 2.45) is 11.7 Å². The number of hydrogen-bond acceptors (Lipinski definition) is 4. The van der Waals surface area contributed by atoms with E-state index in [-0.39, 0.29) is 12.5 Å². The van der Waals surface area contributed by atoms with Gasteiger partial charge in [-0.2, -0.15) is 0 Å². The smallest absolute Gasteiger partial charge is 0.417 e. The van der Waals surface area contributed by atoms with Crippen molar-refractivity contribution in [2.45, 2.75) is 52.7 Å². The lowest BCUT2D eigenvalue weighted by Gasteiger charge is -2.28. The molecule has 0 radical (unpaired) electrons. The molecule has 0 aliphatic carbocycles. The molecule has 0 saturated carbocycles. The Morgan fingerprint density at radius 1 is 1.17 bits per heavy atom. The summed E-state index contributed by atoms with van der Waals surface area (Å²) in [4.78, 5) is 26.0. The molecule has 23 heavy (non-hydrogen) atoms. The molecule has 0 bridgehead atoms. The van der Waals surface area contributed by atoms with Gasteiger partial charge in [0.15, 0.2) is 0 Å². The average Bonchev–Trinajstić information content (AvgIpc) is 2.45. The minimum atomic E-state index is -0.724. The normalized spacial score (nSPS) is 12.8. The van der Waals surface area contributed by atoms with E-state index < -0.39 is 23.6 Å². The highest BCUT2D eigenvalue weighted by molar-refractivity contribution is 5.95. The van der Waals surface area contributed by atoms with Crippen molar-refractivity contribution in [3.63, 3.8) is 0 Å². The molecule has 128 valence electrons. The molecule has 2 amide bonds. The molecular formula is C18H28N2O3. The van der Waals surface area contributed by atoms with Gasteiger partial charge in [-0.1, -0.05) is 44.2 Å². The number of rotatable bonds is 5. The molecule has 0 fully saturated rings. The summed E-state index contributed by atoms with van der Waals surface area (Å²) in [6.07, 6.45) is -0.0778. The van der Waals surface area contributed by atoms with Crippen LogP contribution in [0, 0.1) is 5.92 Å². The van der Waals surface area contributed by atoms with E-state index in [1.54, 1.807) is 20.8 Å². The maximum absolute atomic E-state index is 12.5. The molecule has 0 aliphatic heterocycles. The van der Waals surface area contributed by atoms with Gasteiger partial charge in [-0.05, 0) is 38.7 Å². The van der Waals surface area contributed by atoms with E-state index in [9.17, 15) is 9.59 Å². The molecule has 0 saturated heterocycles. The van der Waals surface area contributed by atoms with Gasteiger partial charge in [-0.25, -0.2) is 9.69 Å². The Labute approximate surface area is 138 Å². The van der Waals surface area contributed by atoms with E-state index in [1.165, 1.54) is 0 Å². The fourth-order valence-corrected chi connectivity index (χ4v) is 1.96. The topological polar surface area (TPSA) is 72.6 Å². The fraction of sp³-hybridized carbons (Fsp3) is 0.556. The predicted molar refractivity (Wildman–Crippen MR) is 90.9 cm³/mol. The van der Waals surface area contributed by atoms with Gasteiger partial charge in [0.1, 0.15) is 5.60 Å². The molecule has 2 N–H and O–H groups in total. The number of amides is 2. The van der Waals surface area contributed by atoms with Gasteiger partial charge >= 0.3 is 6.09 Å². The first-order valence-corrected chi connectivity index (χ1v) is 7.95. The van der Waals surface area contributed by atoms with Crippen LogP contribution in [0.15, 0.2) is 30.3 Å². The number of nitrogens with zero attached hydrogens (tertiary/aromatic N) is 1. The molecule has 1 aromatic rings. The first-order valence-electron chi connectivity index (χ1n) is 7.95. The van der Waals surface area contributed by atoms with Crippen LogP contribution in [-0.4, -0.2) is 35.1 Å². The monoisotopic (exact) mass is 320 g/mol. The van der Waals surface area contributed by atoms with Crippen LogP contribution in [0.3, 0.4) is 0 Å². The van der Waals surface area contributed by atoms with Gasteiger partial charge in [-0.3, -0.25) is 4.79 Å². The van der Waals surface area contributed by atoms with Gasteiger partial charge < -0.3 is 10.5 Å². The molecule has 5 heteroatoms. The Bertz CT molecular complexity index is 521. The number of ether oxygens (including phenoxy) is 1. The lowest BCUT2D eigenvalue weighted by atomic mass is 10.0. The van der Waals surface area contributed by atoms with Gasteiger partial charge in [0.2, 0.25) is 5.91 Å². The van der Waals surface area contributed by atoms with Crippen molar-refractivity contribution >= 4 is 12.0 Å². The summed E-state index contributed by atoms with van der Waals surface area (Å²) < 4.78 is 5.35. The van der Waals surface area contributed by atoms with Crippen LogP contribution in [0.2, 0.25) is 0 Å². The maximum Gasteiger partial charge on any atom is 0.417 e. The minimum absolute atomic E-state index is 0.0517. The zero-order chi connectivity index (χ0) is 17.6. The number of benzene rings is 1. The largest absolute Gasteiger partial charge is 0.443 e. The van der Waals surface area contributed by atoms with Crippen molar-refractivity contribution in [1.29, 1.82) is 0 Å². The molecule has 1 atom stereocenters. The minimum Gasteiger partial charge on any atom is -0.443 e. The van der Waals surface area contributed by atoms with Crippen LogP contribution in [0.1, 0.15) is 40.2 Å². The van der Waals surface area contributed by atoms with Crippen LogP contribution in [0.4, 0.5) is 4.79 Å². The molecular weight excluding hydrogens is 292 g/mol. The summed E-state index contributed by atoms with van der Waals surface area (Å²) in [5.41, 5.74) is 6.32. The maximum atomic E-state index is 12.5. The second kappa shape index (κ2) is 8.11. The van der Waals surface area contributed by atoms with Gasteiger partial charge in [0, 0.05) is 6.54 Å². The Kier molecular flexibility index (Phi) is 6.76. The van der Waals surface area contributed by atoms with Crippen LogP contribution < -0.4 is 5.73 Å². The summed E-state index contributed by atoms with van der Waals surface area (Å²) >= 11 is 0. The molecule has 0 aromatic heterocycles. The van der Waals surface area contributed by atoms with Gasteiger partial charge in [0.25, 0.3) is 0 Å². The Balaban J connectivity index is 2.87. The number of carbonyl (C=O) groups is 2. The zero-order valence-corrected chi connectivity index (χ0v) is 14.7. The van der Waals surface area contributed by atoms with E-state index in [2.05, 4.69) is 0 Å². The van der Waals surface area contributed by atoms with Crippen molar-refractivity contribution in [1.82, 2.24) is 4.90 Å². The van der Waals surface area contributed by atoms with Crippen molar-refractivity contribution in [3.05, 3.63) is 35.9 Å². The standard InChI is InChI=1S/C18H28N2O3/c1-13(2)15(19)16(21)20(17(22)23-18(3,4)5)12-11-14-9-7-6-8-10-14/h6-10,13,15H,11-12,19H2,1-5H3/t15-/m0/s1. The lowest BCUT2D eigenvalue weighted by molar-refractivity contribution is -0.132. The number of imide groups is 1. The number of hydrogen-bond donors (Lipinski definition) is 1. The third kappa shape index (κ3) is 6.40.